The fourth-order valence-corrected chi connectivity index (χ4v) is 2.60. The molecular formula is C15H16N2O2. The number of rotatable bonds is 2. The van der Waals surface area contributed by atoms with E-state index in [1.807, 2.05) is 24.3 Å². The van der Waals surface area contributed by atoms with Crippen molar-refractivity contribution in [2.45, 2.75) is 5.92 Å². The van der Waals surface area contributed by atoms with E-state index in [2.05, 4.69) is 24.3 Å². The van der Waals surface area contributed by atoms with Gasteiger partial charge in [0.15, 0.2) is 0 Å². The van der Waals surface area contributed by atoms with Crippen LogP contribution < -0.4 is 11.9 Å². The van der Waals surface area contributed by atoms with E-state index in [0.717, 1.165) is 0 Å². The highest BCUT2D eigenvalue weighted by molar-refractivity contribution is 5.79. The summed E-state index contributed by atoms with van der Waals surface area (Å²) >= 11 is 0. The first-order chi connectivity index (χ1) is 8.77. The number of carbonyl (C=O) groups is 1. The Hall–Kier alpha value is -2.33. The van der Waals surface area contributed by atoms with Gasteiger partial charge in [0.2, 0.25) is 0 Å². The van der Waals surface area contributed by atoms with Crippen LogP contribution in [0.3, 0.4) is 0 Å². The average molecular weight is 256 g/mol. The maximum Gasteiger partial charge on any atom is 0.404 e. The fourth-order valence-electron chi connectivity index (χ4n) is 2.60. The molecule has 0 saturated carbocycles. The van der Waals surface area contributed by atoms with Gasteiger partial charge in [-0.25, -0.2) is 4.79 Å². The maximum atomic E-state index is 10.8. The third-order valence-electron chi connectivity index (χ3n) is 3.35. The Morgan fingerprint density at radius 1 is 1.00 bits per heavy atom. The second-order valence-corrected chi connectivity index (χ2v) is 4.36. The van der Waals surface area contributed by atoms with Crippen LogP contribution >= 0.6 is 0 Å². The zero-order valence-corrected chi connectivity index (χ0v) is 10.5. The zero-order chi connectivity index (χ0) is 12.5. The minimum absolute atomic E-state index is 0. The van der Waals surface area contributed by atoms with Gasteiger partial charge < -0.3 is 16.6 Å². The van der Waals surface area contributed by atoms with Crippen LogP contribution in [0.15, 0.2) is 48.5 Å². The number of benzene rings is 2. The predicted octanol–water partition coefficient (Wildman–Crippen LogP) is 3.06. The zero-order valence-electron chi connectivity index (χ0n) is 10.5. The van der Waals surface area contributed by atoms with E-state index >= 15 is 0 Å². The lowest BCUT2D eigenvalue weighted by Gasteiger charge is -2.12. The van der Waals surface area contributed by atoms with Gasteiger partial charge in [0.25, 0.3) is 0 Å². The summed E-state index contributed by atoms with van der Waals surface area (Å²) in [5.41, 5.74) is 9.87. The number of hydrogen-bond acceptors (Lipinski definition) is 3. The monoisotopic (exact) mass is 256 g/mol. The lowest BCUT2D eigenvalue weighted by Crippen LogP contribution is -2.17. The molecule has 0 radical (unpaired) electrons. The highest BCUT2D eigenvalue weighted by Crippen LogP contribution is 2.44. The van der Waals surface area contributed by atoms with Gasteiger partial charge in [0.05, 0.1) is 0 Å². The highest BCUT2D eigenvalue weighted by atomic mass is 16.5. The number of nitrogens with two attached hydrogens (primary N) is 1. The first kappa shape index (κ1) is 13.1. The first-order valence-electron chi connectivity index (χ1n) is 5.88. The van der Waals surface area contributed by atoms with Crippen LogP contribution in [0.5, 0.6) is 0 Å². The van der Waals surface area contributed by atoms with Gasteiger partial charge in [-0.2, -0.15) is 0 Å². The van der Waals surface area contributed by atoms with Crippen LogP contribution in [0.2, 0.25) is 0 Å². The van der Waals surface area contributed by atoms with E-state index in [9.17, 15) is 4.79 Å². The molecule has 0 saturated heterocycles. The minimum Gasteiger partial charge on any atom is -0.449 e. The Morgan fingerprint density at radius 3 is 1.95 bits per heavy atom. The number of fused-ring (bicyclic) bond motifs is 3. The van der Waals surface area contributed by atoms with Crippen molar-refractivity contribution in [1.82, 2.24) is 6.15 Å². The van der Waals surface area contributed by atoms with Crippen molar-refractivity contribution < 1.29 is 9.53 Å². The van der Waals surface area contributed by atoms with Crippen molar-refractivity contribution in [1.29, 1.82) is 0 Å². The number of amides is 1. The lowest BCUT2D eigenvalue weighted by atomic mass is 9.98. The van der Waals surface area contributed by atoms with Crippen LogP contribution in [0, 0.1) is 0 Å². The summed E-state index contributed by atoms with van der Waals surface area (Å²) in [7, 11) is 0. The molecule has 0 unspecified atom stereocenters. The van der Waals surface area contributed by atoms with Gasteiger partial charge in [-0.1, -0.05) is 48.5 Å². The molecule has 0 atom stereocenters. The summed E-state index contributed by atoms with van der Waals surface area (Å²) in [5, 5.41) is 0. The van der Waals surface area contributed by atoms with E-state index in [1.54, 1.807) is 0 Å². The normalized spacial score (nSPS) is 12.2. The Kier molecular flexibility index (Phi) is 3.53. The van der Waals surface area contributed by atoms with Gasteiger partial charge in [-0.3, -0.25) is 0 Å². The third-order valence-corrected chi connectivity index (χ3v) is 3.35. The van der Waals surface area contributed by atoms with Crippen molar-refractivity contribution in [3.63, 3.8) is 0 Å². The van der Waals surface area contributed by atoms with Gasteiger partial charge in [-0.15, -0.1) is 0 Å². The fraction of sp³-hybridized carbons (Fsp3) is 0.133. The molecule has 0 aliphatic heterocycles. The molecule has 2 aromatic rings. The smallest absolute Gasteiger partial charge is 0.404 e. The maximum absolute atomic E-state index is 10.8. The third kappa shape index (κ3) is 2.18. The molecule has 5 N–H and O–H groups in total. The lowest BCUT2D eigenvalue weighted by molar-refractivity contribution is 0.153. The molecule has 0 fully saturated rings. The Labute approximate surface area is 111 Å². The van der Waals surface area contributed by atoms with Gasteiger partial charge >= 0.3 is 6.09 Å². The summed E-state index contributed by atoms with van der Waals surface area (Å²) in [5.74, 6) is 0.0879. The van der Waals surface area contributed by atoms with Crippen molar-refractivity contribution in [3.05, 3.63) is 59.7 Å². The molecule has 1 amide bonds. The van der Waals surface area contributed by atoms with Crippen molar-refractivity contribution in [3.8, 4) is 11.1 Å². The van der Waals surface area contributed by atoms with E-state index in [4.69, 9.17) is 10.5 Å². The summed E-state index contributed by atoms with van der Waals surface area (Å²) < 4.78 is 4.98. The van der Waals surface area contributed by atoms with Crippen molar-refractivity contribution in [2.75, 3.05) is 6.61 Å². The van der Waals surface area contributed by atoms with Crippen LogP contribution in [-0.4, -0.2) is 12.7 Å². The molecule has 98 valence electrons. The van der Waals surface area contributed by atoms with Crippen LogP contribution in [0.1, 0.15) is 17.0 Å². The Balaban J connectivity index is 0.00000133. The van der Waals surface area contributed by atoms with Crippen LogP contribution in [-0.2, 0) is 4.74 Å². The first-order valence-corrected chi connectivity index (χ1v) is 5.88. The molecule has 4 heteroatoms. The van der Waals surface area contributed by atoms with Gasteiger partial charge in [0, 0.05) is 5.92 Å². The van der Waals surface area contributed by atoms with Crippen molar-refractivity contribution >= 4 is 6.09 Å². The average Bonchev–Trinajstić information content (AvgIpc) is 2.71. The standard InChI is InChI=1S/C15H13NO2.H3N/c16-15(17)18-9-14-12-7-3-1-5-10(12)11-6-2-4-8-13(11)14;/h1-8,14H,9H2,(H2,16,17);1H3. The van der Waals surface area contributed by atoms with Crippen molar-refractivity contribution in [2.24, 2.45) is 5.73 Å². The Morgan fingerprint density at radius 2 is 1.47 bits per heavy atom. The van der Waals surface area contributed by atoms with Gasteiger partial charge in [-0.05, 0) is 22.3 Å². The molecule has 0 heterocycles. The predicted molar refractivity (Wildman–Crippen MR) is 74.3 cm³/mol. The molecule has 1 aliphatic rings. The molecule has 4 nitrogen and oxygen atoms in total. The largest absolute Gasteiger partial charge is 0.449 e. The Bertz CT molecular complexity index is 565. The molecule has 0 spiro atoms. The highest BCUT2D eigenvalue weighted by Gasteiger charge is 2.28. The van der Waals surface area contributed by atoms with E-state index in [0.29, 0.717) is 6.61 Å². The number of primary amides is 1. The van der Waals surface area contributed by atoms with E-state index in [1.165, 1.54) is 22.3 Å². The molecule has 0 bridgehead atoms. The summed E-state index contributed by atoms with van der Waals surface area (Å²) in [6, 6.07) is 16.4. The van der Waals surface area contributed by atoms with Gasteiger partial charge in [0.1, 0.15) is 6.61 Å². The molecule has 0 aromatic heterocycles. The molecule has 19 heavy (non-hydrogen) atoms. The van der Waals surface area contributed by atoms with E-state index < -0.39 is 6.09 Å². The molecular weight excluding hydrogens is 240 g/mol. The molecule has 1 aliphatic carbocycles. The van der Waals surface area contributed by atoms with E-state index in [-0.39, 0.29) is 12.1 Å². The second-order valence-electron chi connectivity index (χ2n) is 4.36. The summed E-state index contributed by atoms with van der Waals surface area (Å²) in [4.78, 5) is 10.8. The number of ether oxygens (including phenoxy) is 1. The SMILES string of the molecule is N.NC(=O)OCC1c2ccccc2-c2ccccc21. The second kappa shape index (κ2) is 5.12. The number of hydrogen-bond donors (Lipinski definition) is 2. The van der Waals surface area contributed by atoms with Crippen LogP contribution in [0.25, 0.3) is 11.1 Å². The van der Waals surface area contributed by atoms with Crippen LogP contribution in [0.4, 0.5) is 4.79 Å². The summed E-state index contributed by atoms with van der Waals surface area (Å²) in [6.07, 6.45) is -0.725. The quantitative estimate of drug-likeness (QED) is 0.865. The topological polar surface area (TPSA) is 87.3 Å². The summed E-state index contributed by atoms with van der Waals surface area (Å²) in [6.45, 7) is 0.295. The minimum atomic E-state index is -0.725. The molecule has 2 aromatic carbocycles. The molecule has 3 rings (SSSR count). The number of carbonyl (C=O) groups excluding carboxylic acids is 1.